The Kier molecular flexibility index (Phi) is 3.56. The number of fused-ring (bicyclic) bond motifs is 2. The third-order valence-electron chi connectivity index (χ3n) is 4.86. The molecule has 5 rings (SSSR count). The Labute approximate surface area is 154 Å². The number of hydrogen-bond donors (Lipinski definition) is 1. The molecule has 2 aromatic heterocycles. The van der Waals surface area contributed by atoms with Crippen LogP contribution in [0.15, 0.2) is 34.7 Å². The van der Waals surface area contributed by atoms with Gasteiger partial charge in [-0.05, 0) is 24.3 Å². The molecule has 0 bridgehead atoms. The van der Waals surface area contributed by atoms with Gasteiger partial charge in [0, 0.05) is 35.9 Å². The highest BCUT2D eigenvalue weighted by molar-refractivity contribution is 5.92. The van der Waals surface area contributed by atoms with Crippen molar-refractivity contribution >= 4 is 5.91 Å². The molecule has 3 aromatic rings. The molecule has 0 radical (unpaired) electrons. The average Bonchev–Trinajstić information content (AvgIpc) is 3.44. The van der Waals surface area contributed by atoms with Crippen LogP contribution in [0.1, 0.15) is 21.8 Å². The predicted octanol–water partition coefficient (Wildman–Crippen LogP) is 2.61. The Morgan fingerprint density at radius 1 is 1.22 bits per heavy atom. The zero-order valence-electron chi connectivity index (χ0n) is 14.7. The van der Waals surface area contributed by atoms with Gasteiger partial charge in [-0.2, -0.15) is 5.10 Å². The smallest absolute Gasteiger partial charge is 0.290 e. The van der Waals surface area contributed by atoms with E-state index in [9.17, 15) is 4.79 Å². The molecule has 0 spiro atoms. The van der Waals surface area contributed by atoms with Crippen LogP contribution in [0.2, 0.25) is 0 Å². The molecule has 0 fully saturated rings. The first kappa shape index (κ1) is 15.8. The van der Waals surface area contributed by atoms with Crippen molar-refractivity contribution in [2.75, 3.05) is 20.4 Å². The normalized spacial score (nSPS) is 14.9. The molecule has 4 heterocycles. The first-order valence-electron chi connectivity index (χ1n) is 8.62. The number of furan rings is 1. The summed E-state index contributed by atoms with van der Waals surface area (Å²) in [6.45, 7) is 1.28. The van der Waals surface area contributed by atoms with Crippen molar-refractivity contribution in [2.24, 2.45) is 0 Å². The highest BCUT2D eigenvalue weighted by atomic mass is 16.7. The summed E-state index contributed by atoms with van der Waals surface area (Å²) in [5.74, 6) is 1.85. The number of aromatic nitrogens is 2. The molecule has 0 saturated carbocycles. The van der Waals surface area contributed by atoms with Gasteiger partial charge >= 0.3 is 0 Å². The monoisotopic (exact) mass is 367 g/mol. The van der Waals surface area contributed by atoms with Gasteiger partial charge in [0.2, 0.25) is 6.79 Å². The van der Waals surface area contributed by atoms with Crippen molar-refractivity contribution in [1.29, 1.82) is 0 Å². The molecular weight excluding hydrogens is 350 g/mol. The largest absolute Gasteiger partial charge is 0.468 e. The standard InChI is InChI=1S/C19H17N3O5/c1-24-17-5-4-15(27-17)19(23)22-7-6-13-12(9-22)18(21-20-13)11-2-3-14-16(8-11)26-10-25-14/h2-5,8H,6-7,9-10H2,1H3,(H,20,21). The van der Waals surface area contributed by atoms with Gasteiger partial charge in [0.1, 0.15) is 0 Å². The van der Waals surface area contributed by atoms with Crippen molar-refractivity contribution in [2.45, 2.75) is 13.0 Å². The first-order valence-corrected chi connectivity index (χ1v) is 8.62. The zero-order valence-corrected chi connectivity index (χ0v) is 14.7. The number of nitrogens with zero attached hydrogens (tertiary/aromatic N) is 2. The average molecular weight is 367 g/mol. The molecule has 0 aliphatic carbocycles. The maximum Gasteiger partial charge on any atom is 0.290 e. The van der Waals surface area contributed by atoms with Crippen molar-refractivity contribution in [3.63, 3.8) is 0 Å². The van der Waals surface area contributed by atoms with E-state index in [4.69, 9.17) is 18.6 Å². The topological polar surface area (TPSA) is 89.8 Å². The Morgan fingerprint density at radius 3 is 2.96 bits per heavy atom. The molecule has 2 aliphatic heterocycles. The quantitative estimate of drug-likeness (QED) is 0.765. The molecule has 0 atom stereocenters. The molecule has 138 valence electrons. The summed E-state index contributed by atoms with van der Waals surface area (Å²) in [4.78, 5) is 14.5. The fraction of sp³-hybridized carbons (Fsp3) is 0.263. The summed E-state index contributed by atoms with van der Waals surface area (Å²) in [6, 6.07) is 9.00. The lowest BCUT2D eigenvalue weighted by Crippen LogP contribution is -2.35. The number of benzene rings is 1. The molecule has 2 aliphatic rings. The van der Waals surface area contributed by atoms with Crippen LogP contribution in [0.4, 0.5) is 0 Å². The van der Waals surface area contributed by atoms with Gasteiger partial charge in [0.15, 0.2) is 17.3 Å². The van der Waals surface area contributed by atoms with Crippen LogP contribution in [-0.4, -0.2) is 41.5 Å². The number of ether oxygens (including phenoxy) is 3. The summed E-state index contributed by atoms with van der Waals surface area (Å²) < 4.78 is 21.3. The summed E-state index contributed by atoms with van der Waals surface area (Å²) in [5.41, 5.74) is 3.79. The second-order valence-corrected chi connectivity index (χ2v) is 6.40. The molecule has 1 amide bonds. The lowest BCUT2D eigenvalue weighted by atomic mass is 10.0. The van der Waals surface area contributed by atoms with E-state index in [0.717, 1.165) is 28.3 Å². The van der Waals surface area contributed by atoms with Crippen molar-refractivity contribution in [1.82, 2.24) is 15.1 Å². The van der Waals surface area contributed by atoms with Crippen molar-refractivity contribution in [3.05, 3.63) is 47.3 Å². The van der Waals surface area contributed by atoms with Gasteiger partial charge in [0.25, 0.3) is 11.9 Å². The van der Waals surface area contributed by atoms with Crippen LogP contribution in [-0.2, 0) is 13.0 Å². The van der Waals surface area contributed by atoms with Gasteiger partial charge in [-0.3, -0.25) is 9.89 Å². The molecule has 1 aromatic carbocycles. The Hall–Kier alpha value is -3.42. The van der Waals surface area contributed by atoms with Gasteiger partial charge in [-0.1, -0.05) is 0 Å². The molecule has 1 N–H and O–H groups in total. The number of rotatable bonds is 3. The van der Waals surface area contributed by atoms with E-state index in [-0.39, 0.29) is 18.5 Å². The van der Waals surface area contributed by atoms with E-state index >= 15 is 0 Å². The van der Waals surface area contributed by atoms with Crippen molar-refractivity contribution < 1.29 is 23.4 Å². The summed E-state index contributed by atoms with van der Waals surface area (Å²) in [7, 11) is 1.50. The van der Waals surface area contributed by atoms with Crippen LogP contribution in [0.25, 0.3) is 11.3 Å². The zero-order chi connectivity index (χ0) is 18.4. The maximum absolute atomic E-state index is 12.8. The maximum atomic E-state index is 12.8. The number of H-pyrrole nitrogens is 1. The molecule has 27 heavy (non-hydrogen) atoms. The number of nitrogens with one attached hydrogen (secondary N) is 1. The van der Waals surface area contributed by atoms with E-state index in [2.05, 4.69) is 10.2 Å². The lowest BCUT2D eigenvalue weighted by Gasteiger charge is -2.26. The Balaban J connectivity index is 1.44. The number of hydrogen-bond acceptors (Lipinski definition) is 6. The number of amides is 1. The molecule has 8 nitrogen and oxygen atoms in total. The summed E-state index contributed by atoms with van der Waals surface area (Å²) >= 11 is 0. The second kappa shape index (κ2) is 6.08. The van der Waals surface area contributed by atoms with Crippen LogP contribution < -0.4 is 14.2 Å². The van der Waals surface area contributed by atoms with Crippen LogP contribution in [0, 0.1) is 0 Å². The van der Waals surface area contributed by atoms with Crippen molar-refractivity contribution in [3.8, 4) is 28.7 Å². The highest BCUT2D eigenvalue weighted by Gasteiger charge is 2.28. The van der Waals surface area contributed by atoms with E-state index in [0.29, 0.717) is 31.2 Å². The minimum absolute atomic E-state index is 0.165. The number of carbonyl (C=O) groups excluding carboxylic acids is 1. The molecule has 8 heteroatoms. The number of methoxy groups -OCH3 is 1. The summed E-state index contributed by atoms with van der Waals surface area (Å²) in [6.07, 6.45) is 0.705. The van der Waals surface area contributed by atoms with E-state index in [1.807, 2.05) is 18.2 Å². The molecular formula is C19H17N3O5. The van der Waals surface area contributed by atoms with E-state index in [1.165, 1.54) is 7.11 Å². The van der Waals surface area contributed by atoms with Gasteiger partial charge in [-0.25, -0.2) is 0 Å². The van der Waals surface area contributed by atoms with Crippen LogP contribution >= 0.6 is 0 Å². The minimum Gasteiger partial charge on any atom is -0.468 e. The third-order valence-corrected chi connectivity index (χ3v) is 4.86. The van der Waals surface area contributed by atoms with Crippen LogP contribution in [0.5, 0.6) is 17.4 Å². The number of aromatic amines is 1. The lowest BCUT2D eigenvalue weighted by molar-refractivity contribution is 0.0696. The van der Waals surface area contributed by atoms with Gasteiger partial charge in [-0.15, -0.1) is 0 Å². The second-order valence-electron chi connectivity index (χ2n) is 6.40. The summed E-state index contributed by atoms with van der Waals surface area (Å²) in [5, 5.41) is 7.58. The first-order chi connectivity index (χ1) is 13.2. The fourth-order valence-electron chi connectivity index (χ4n) is 3.45. The predicted molar refractivity (Wildman–Crippen MR) is 93.9 cm³/mol. The Bertz CT molecular complexity index is 1020. The van der Waals surface area contributed by atoms with Gasteiger partial charge in [0.05, 0.1) is 19.3 Å². The number of carbonyl (C=O) groups is 1. The SMILES string of the molecule is COc1ccc(C(=O)N2CCc3[nH]nc(-c4ccc5c(c4)OCO5)c3C2)o1. The third kappa shape index (κ3) is 2.61. The molecule has 0 saturated heterocycles. The highest BCUT2D eigenvalue weighted by Crippen LogP contribution is 2.37. The van der Waals surface area contributed by atoms with E-state index < -0.39 is 0 Å². The minimum atomic E-state index is -0.165. The molecule has 0 unspecified atom stereocenters. The van der Waals surface area contributed by atoms with Gasteiger partial charge < -0.3 is 23.5 Å². The fourth-order valence-corrected chi connectivity index (χ4v) is 3.45. The van der Waals surface area contributed by atoms with E-state index in [1.54, 1.807) is 17.0 Å². The van der Waals surface area contributed by atoms with Crippen LogP contribution in [0.3, 0.4) is 0 Å². The Morgan fingerprint density at radius 2 is 2.11 bits per heavy atom.